The molecule has 0 heterocycles. The minimum atomic E-state index is -0.295. The second-order valence-electron chi connectivity index (χ2n) is 24.5. The topological polar surface area (TPSA) is 90.5 Å². The molecule has 0 aromatic heterocycles. The summed E-state index contributed by atoms with van der Waals surface area (Å²) in [5.74, 6) is -0.623. The number of carbonyl (C=O) groups is 4. The molecule has 0 fully saturated rings. The highest BCUT2D eigenvalue weighted by Gasteiger charge is 2.20. The highest BCUT2D eigenvalue weighted by atomic mass is 16.5. The number of esters is 1. The van der Waals surface area contributed by atoms with Crippen LogP contribution in [0.25, 0.3) is 0 Å². The molecule has 0 radical (unpaired) electrons. The zero-order chi connectivity index (χ0) is 68.5. The monoisotopic (exact) mass is 1290 g/mol. The Kier molecular flexibility index (Phi) is 23.9. The van der Waals surface area contributed by atoms with E-state index in [2.05, 4.69) is 269 Å². The molecule has 0 unspecified atom stereocenters. The van der Waals surface area contributed by atoms with E-state index in [1.54, 1.807) is 6.92 Å². The van der Waals surface area contributed by atoms with E-state index in [1.807, 2.05) is 104 Å². The first kappa shape index (κ1) is 70.6. The van der Waals surface area contributed by atoms with Gasteiger partial charge in [0.05, 0.1) is 18.6 Å². The molecule has 9 nitrogen and oxygen atoms in total. The molecule has 98 heavy (non-hydrogen) atoms. The maximum Gasteiger partial charge on any atom is 0.338 e. The largest absolute Gasteiger partial charge is 0.462 e. The van der Waals surface area contributed by atoms with Gasteiger partial charge in [0.15, 0.2) is 17.3 Å². The average molecular weight is 1290 g/mol. The van der Waals surface area contributed by atoms with Crippen molar-refractivity contribution in [3.8, 4) is 0 Å². The van der Waals surface area contributed by atoms with E-state index in [9.17, 15) is 19.2 Å². The molecule has 0 saturated carbocycles. The SMILES string of the molecule is C.CC(=O)c1ccc(N(c2ccc(C)cc2)c2ccc(C)cc2)cc1.CCOC(=O)c1ccc(N(c2ccc(C)cc2)c2ccc(C)cc2)cc1.Cc1ccc(N(c2ccc(C)cc2)c2ccc(C(=O)CC(=O)c3ccc(N(c4ccc(C)cc4)c4ccc(C)cc4)cc3)cc2)cc1. The Labute approximate surface area is 579 Å². The molecule has 0 atom stereocenters. The van der Waals surface area contributed by atoms with Crippen molar-refractivity contribution < 1.29 is 23.9 Å². The lowest BCUT2D eigenvalue weighted by Gasteiger charge is -2.26. The van der Waals surface area contributed by atoms with Crippen molar-refractivity contribution in [3.05, 3.63) is 358 Å². The number of ether oxygens (including phenoxy) is 1. The van der Waals surface area contributed by atoms with Crippen molar-refractivity contribution in [1.29, 1.82) is 0 Å². The summed E-state index contributed by atoms with van der Waals surface area (Å²) in [6, 6.07) is 97.5. The fourth-order valence-corrected chi connectivity index (χ4v) is 11.1. The lowest BCUT2D eigenvalue weighted by Crippen LogP contribution is -2.12. The second kappa shape index (κ2) is 33.1. The lowest BCUT2D eigenvalue weighted by atomic mass is 10.0. The van der Waals surface area contributed by atoms with Gasteiger partial charge < -0.3 is 24.3 Å². The molecule has 0 amide bonds. The lowest BCUT2D eigenvalue weighted by molar-refractivity contribution is 0.0525. The van der Waals surface area contributed by atoms with E-state index in [-0.39, 0.29) is 37.2 Å². The molecule has 12 aromatic carbocycles. The van der Waals surface area contributed by atoms with E-state index in [0.29, 0.717) is 23.3 Å². The van der Waals surface area contributed by atoms with Crippen LogP contribution in [0.3, 0.4) is 0 Å². The van der Waals surface area contributed by atoms with Crippen LogP contribution in [0.1, 0.15) is 114 Å². The molecule has 0 aliphatic rings. The molecule has 12 rings (SSSR count). The van der Waals surface area contributed by atoms with Gasteiger partial charge in [0, 0.05) is 84.9 Å². The number of hydrogen-bond donors (Lipinski definition) is 0. The number of Topliss-reactive ketones (excluding diaryl/α,β-unsaturated/α-hetero) is 3. The molecule has 0 aliphatic heterocycles. The summed E-state index contributed by atoms with van der Waals surface area (Å²) < 4.78 is 5.07. The number of benzene rings is 12. The first-order valence-electron chi connectivity index (χ1n) is 32.8. The van der Waals surface area contributed by atoms with Crippen LogP contribution < -0.4 is 19.6 Å². The Balaban J connectivity index is 0.000000187. The van der Waals surface area contributed by atoms with Crippen LogP contribution >= 0.6 is 0 Å². The van der Waals surface area contributed by atoms with Gasteiger partial charge in [0.25, 0.3) is 0 Å². The highest BCUT2D eigenvalue weighted by molar-refractivity contribution is 6.13. The fraction of sp³-hybridized carbons (Fsp3) is 0.146. The molecular weight excluding hydrogens is 1210 g/mol. The molecule has 492 valence electrons. The summed E-state index contributed by atoms with van der Waals surface area (Å²) in [5.41, 5.74) is 24.3. The maximum atomic E-state index is 13.3. The van der Waals surface area contributed by atoms with Gasteiger partial charge >= 0.3 is 5.97 Å². The van der Waals surface area contributed by atoms with Crippen molar-refractivity contribution in [1.82, 2.24) is 0 Å². The van der Waals surface area contributed by atoms with Gasteiger partial charge in [-0.05, 0) is 263 Å². The molecule has 9 heteroatoms. The van der Waals surface area contributed by atoms with Crippen molar-refractivity contribution in [2.24, 2.45) is 0 Å². The van der Waals surface area contributed by atoms with E-state index in [4.69, 9.17) is 4.74 Å². The Morgan fingerprint density at radius 2 is 0.398 bits per heavy atom. The highest BCUT2D eigenvalue weighted by Crippen LogP contribution is 2.39. The van der Waals surface area contributed by atoms with Crippen LogP contribution in [0.2, 0.25) is 0 Å². The molecule has 0 saturated heterocycles. The molecular formula is C89H86N4O5. The minimum absolute atomic E-state index is 0. The molecule has 0 aliphatic carbocycles. The van der Waals surface area contributed by atoms with Crippen molar-refractivity contribution in [3.63, 3.8) is 0 Å². The zero-order valence-electron chi connectivity index (χ0n) is 57.0. The van der Waals surface area contributed by atoms with Crippen LogP contribution in [0.15, 0.2) is 291 Å². The number of nitrogens with zero attached hydrogens (tertiary/aromatic N) is 4. The van der Waals surface area contributed by atoms with Gasteiger partial charge in [0.2, 0.25) is 0 Å². The number of anilines is 12. The van der Waals surface area contributed by atoms with E-state index in [0.717, 1.165) is 73.8 Å². The number of carbonyl (C=O) groups excluding carboxylic acids is 4. The quantitative estimate of drug-likeness (QED) is 0.0446. The normalized spacial score (nSPS) is 10.5. The maximum absolute atomic E-state index is 13.3. The predicted molar refractivity (Wildman–Crippen MR) is 408 cm³/mol. The third-order valence-electron chi connectivity index (χ3n) is 16.7. The van der Waals surface area contributed by atoms with Gasteiger partial charge in [-0.25, -0.2) is 4.79 Å². The Morgan fingerprint density at radius 3 is 0.561 bits per heavy atom. The molecule has 0 spiro atoms. The summed E-state index contributed by atoms with van der Waals surface area (Å²) in [4.78, 5) is 58.7. The van der Waals surface area contributed by atoms with Crippen molar-refractivity contribution in [2.75, 3.05) is 26.2 Å². The van der Waals surface area contributed by atoms with E-state index >= 15 is 0 Å². The summed E-state index contributed by atoms with van der Waals surface area (Å²) in [7, 11) is 0. The van der Waals surface area contributed by atoms with Gasteiger partial charge in [-0.1, -0.05) is 149 Å². The number of rotatable bonds is 19. The van der Waals surface area contributed by atoms with Gasteiger partial charge in [-0.2, -0.15) is 0 Å². The molecule has 12 aromatic rings. The summed E-state index contributed by atoms with van der Waals surface area (Å²) in [5, 5.41) is 0. The summed E-state index contributed by atoms with van der Waals surface area (Å²) in [6.07, 6.45) is -0.196. The van der Waals surface area contributed by atoms with E-state index in [1.165, 1.54) is 44.5 Å². The van der Waals surface area contributed by atoms with Crippen LogP contribution in [0.4, 0.5) is 68.2 Å². The Hall–Kier alpha value is -11.7. The summed E-state index contributed by atoms with van der Waals surface area (Å²) >= 11 is 0. The smallest absolute Gasteiger partial charge is 0.338 e. The first-order chi connectivity index (χ1) is 46.9. The Bertz CT molecular complexity index is 4240. The number of aryl methyl sites for hydroxylation is 8. The minimum Gasteiger partial charge on any atom is -0.462 e. The standard InChI is InChI=1S/C43H38N2O2.C23H23NO2.C22H21NO.CH4/c1-30-5-17-36(18-6-30)44(37-19-7-31(2)8-20-37)40-25-13-34(14-26-40)42(46)29-43(47)35-15-27-41(28-16-35)45(38-21-9-32(3)10-22-38)39-23-11-33(4)12-24-39;1-4-26-23(25)19-9-15-22(16-10-19)24(20-11-5-17(2)6-12-20)21-13-7-18(3)8-14-21;1-16-4-10-20(11-5-16)23(21-12-6-17(2)7-13-21)22-14-8-19(9-15-22)18(3)24;/h5-28H,29H2,1-4H3;5-16H,4H2,1-3H3;4-15H,1-3H3;1H4. The second-order valence-corrected chi connectivity index (χ2v) is 24.5. The summed E-state index contributed by atoms with van der Waals surface area (Å²) in [6.45, 7) is 20.4. The van der Waals surface area contributed by atoms with Crippen LogP contribution in [0.5, 0.6) is 0 Å². The van der Waals surface area contributed by atoms with Gasteiger partial charge in [-0.15, -0.1) is 0 Å². The Morgan fingerprint density at radius 1 is 0.245 bits per heavy atom. The van der Waals surface area contributed by atoms with Crippen molar-refractivity contribution in [2.45, 2.75) is 83.1 Å². The fourth-order valence-electron chi connectivity index (χ4n) is 11.1. The van der Waals surface area contributed by atoms with Crippen LogP contribution in [0, 0.1) is 55.4 Å². The average Bonchev–Trinajstić information content (AvgIpc) is 0.828. The van der Waals surface area contributed by atoms with Gasteiger partial charge in [0.1, 0.15) is 0 Å². The third-order valence-corrected chi connectivity index (χ3v) is 16.7. The molecule has 0 N–H and O–H groups in total. The van der Waals surface area contributed by atoms with Crippen molar-refractivity contribution >= 4 is 91.6 Å². The molecule has 0 bridgehead atoms. The van der Waals surface area contributed by atoms with Crippen LogP contribution in [-0.4, -0.2) is 29.9 Å². The van der Waals surface area contributed by atoms with E-state index < -0.39 is 0 Å². The predicted octanol–water partition coefficient (Wildman–Crippen LogP) is 23.9. The van der Waals surface area contributed by atoms with Crippen LogP contribution in [-0.2, 0) is 4.74 Å². The zero-order valence-corrected chi connectivity index (χ0v) is 57.0. The third kappa shape index (κ3) is 18.2. The number of ketones is 3. The number of hydrogen-bond acceptors (Lipinski definition) is 9. The van der Waals surface area contributed by atoms with Gasteiger partial charge in [-0.3, -0.25) is 14.4 Å². The first-order valence-corrected chi connectivity index (χ1v) is 32.8.